The van der Waals surface area contributed by atoms with Gasteiger partial charge in [-0.3, -0.25) is 0 Å². The summed E-state index contributed by atoms with van der Waals surface area (Å²) in [5.74, 6) is 0. The molecule has 0 aliphatic heterocycles. The fraction of sp³-hybridized carbons (Fsp3) is 0. The van der Waals surface area contributed by atoms with E-state index in [-0.39, 0.29) is 0 Å². The summed E-state index contributed by atoms with van der Waals surface area (Å²) in [5, 5.41) is 4.03. The van der Waals surface area contributed by atoms with Crippen molar-refractivity contribution in [3.05, 3.63) is 38.1 Å². The van der Waals surface area contributed by atoms with Crippen LogP contribution in [-0.2, 0) is 0 Å². The zero-order chi connectivity index (χ0) is 8.27. The molecule has 1 aromatic carbocycles. The van der Waals surface area contributed by atoms with Gasteiger partial charge in [0, 0.05) is 14.4 Å². The monoisotopic (exact) mass is 231 g/mol. The van der Waals surface area contributed by atoms with E-state index in [1.807, 2.05) is 0 Å². The highest BCUT2D eigenvalue weighted by Gasteiger charge is 1.96. The minimum Gasteiger partial charge on any atom is -0.0843 e. The zero-order valence-electron chi connectivity index (χ0n) is 5.33. The second-order valence-corrected chi connectivity index (χ2v) is 3.08. The first-order chi connectivity index (χ1) is 5.24. The van der Waals surface area contributed by atoms with Crippen molar-refractivity contribution in [2.75, 3.05) is 0 Å². The van der Waals surface area contributed by atoms with Crippen molar-refractivity contribution in [2.45, 2.75) is 0 Å². The zero-order valence-corrected chi connectivity index (χ0v) is 7.67. The number of benzene rings is 1. The third-order valence-corrected chi connectivity index (χ3v) is 1.93. The minimum absolute atomic E-state index is 0.539. The number of hydrogen-bond acceptors (Lipinski definition) is 1. The molecule has 11 heavy (non-hydrogen) atoms. The van der Waals surface area contributed by atoms with Crippen molar-refractivity contribution >= 4 is 33.2 Å². The molecule has 1 rings (SSSR count). The van der Waals surface area contributed by atoms with Crippen LogP contribution >= 0.6 is 27.5 Å². The molecule has 0 aliphatic carbocycles. The van der Waals surface area contributed by atoms with E-state index in [1.54, 1.807) is 18.2 Å². The van der Waals surface area contributed by atoms with Crippen LogP contribution in [0.3, 0.4) is 0 Å². The molecule has 0 unspecified atom stereocenters. The second kappa shape index (κ2) is 3.62. The van der Waals surface area contributed by atoms with Crippen molar-refractivity contribution in [2.24, 2.45) is 5.11 Å². The lowest BCUT2D eigenvalue weighted by Crippen LogP contribution is -1.66. The van der Waals surface area contributed by atoms with Crippen LogP contribution in [0.2, 0.25) is 5.02 Å². The Morgan fingerprint density at radius 2 is 2.27 bits per heavy atom. The quantitative estimate of drug-likeness (QED) is 0.398. The van der Waals surface area contributed by atoms with Crippen LogP contribution in [0.4, 0.5) is 5.69 Å². The molecule has 0 radical (unpaired) electrons. The summed E-state index contributed by atoms with van der Waals surface area (Å²) in [5.41, 5.74) is 8.66. The molecule has 1 aromatic rings. The molecule has 0 N–H and O–H groups in total. The second-order valence-electron chi connectivity index (χ2n) is 1.79. The van der Waals surface area contributed by atoms with Crippen molar-refractivity contribution < 1.29 is 0 Å². The average molecular weight is 232 g/mol. The van der Waals surface area contributed by atoms with Crippen molar-refractivity contribution in [1.82, 2.24) is 0 Å². The Bertz CT molecular complexity index is 320. The molecule has 0 aromatic heterocycles. The van der Waals surface area contributed by atoms with E-state index < -0.39 is 0 Å². The summed E-state index contributed by atoms with van der Waals surface area (Å²) in [4.78, 5) is 2.65. The van der Waals surface area contributed by atoms with Crippen LogP contribution in [0.25, 0.3) is 10.4 Å². The van der Waals surface area contributed by atoms with Gasteiger partial charge in [0.2, 0.25) is 0 Å². The van der Waals surface area contributed by atoms with Crippen molar-refractivity contribution in [3.8, 4) is 0 Å². The summed E-state index contributed by atoms with van der Waals surface area (Å²) in [6.07, 6.45) is 0. The van der Waals surface area contributed by atoms with Crippen molar-refractivity contribution in [1.29, 1.82) is 0 Å². The number of rotatable bonds is 1. The lowest BCUT2D eigenvalue weighted by molar-refractivity contribution is 1.45. The smallest absolute Gasteiger partial charge is 0.0518 e. The summed E-state index contributed by atoms with van der Waals surface area (Å²) < 4.78 is 0.697. The fourth-order valence-corrected chi connectivity index (χ4v) is 1.37. The number of halogens is 2. The van der Waals surface area contributed by atoms with Crippen LogP contribution in [0.15, 0.2) is 27.8 Å². The molecular formula is C6H3BrClN3. The average Bonchev–Trinajstić information content (AvgIpc) is 1.95. The molecule has 0 saturated heterocycles. The van der Waals surface area contributed by atoms with Gasteiger partial charge in [-0.05, 0) is 17.7 Å². The number of azide groups is 1. The van der Waals surface area contributed by atoms with Crippen LogP contribution in [0.5, 0.6) is 0 Å². The van der Waals surface area contributed by atoms with E-state index in [1.165, 1.54) is 0 Å². The lowest BCUT2D eigenvalue weighted by Gasteiger charge is -1.95. The maximum absolute atomic E-state index is 8.12. The van der Waals surface area contributed by atoms with Crippen LogP contribution < -0.4 is 0 Å². The molecule has 3 nitrogen and oxygen atoms in total. The highest BCUT2D eigenvalue weighted by atomic mass is 79.9. The summed E-state index contributed by atoms with van der Waals surface area (Å²) in [6, 6.07) is 4.98. The Balaban J connectivity index is 3.19. The molecular weight excluding hydrogens is 229 g/mol. The first kappa shape index (κ1) is 8.40. The molecule has 0 spiro atoms. The van der Waals surface area contributed by atoms with E-state index in [4.69, 9.17) is 17.1 Å². The third kappa shape index (κ3) is 2.12. The maximum Gasteiger partial charge on any atom is 0.0518 e. The van der Waals surface area contributed by atoms with Gasteiger partial charge < -0.3 is 0 Å². The van der Waals surface area contributed by atoms with Crippen LogP contribution in [-0.4, -0.2) is 0 Å². The SMILES string of the molecule is [N-]=[N+]=Nc1ccc(Cl)cc1Br. The van der Waals surface area contributed by atoms with Gasteiger partial charge in [-0.25, -0.2) is 0 Å². The van der Waals surface area contributed by atoms with E-state index in [0.29, 0.717) is 15.2 Å². The first-order valence-electron chi connectivity index (χ1n) is 2.74. The first-order valence-corrected chi connectivity index (χ1v) is 3.91. The predicted octanol–water partition coefficient (Wildman–Crippen LogP) is 4.04. The Labute approximate surface area is 76.7 Å². The molecule has 5 heteroatoms. The van der Waals surface area contributed by atoms with E-state index >= 15 is 0 Å². The van der Waals surface area contributed by atoms with Crippen molar-refractivity contribution in [3.63, 3.8) is 0 Å². The molecule has 0 bridgehead atoms. The molecule has 0 amide bonds. The number of nitrogens with zero attached hydrogens (tertiary/aromatic N) is 3. The largest absolute Gasteiger partial charge is 0.0843 e. The van der Waals surface area contributed by atoms with Gasteiger partial charge in [-0.15, -0.1) is 0 Å². The number of hydrogen-bond donors (Lipinski definition) is 0. The minimum atomic E-state index is 0.539. The van der Waals surface area contributed by atoms with E-state index in [2.05, 4.69) is 26.0 Å². The van der Waals surface area contributed by atoms with Gasteiger partial charge in [0.1, 0.15) is 0 Å². The summed E-state index contributed by atoms with van der Waals surface area (Å²) in [6.45, 7) is 0. The van der Waals surface area contributed by atoms with Gasteiger partial charge in [0.05, 0.1) is 5.69 Å². The maximum atomic E-state index is 8.12. The molecule has 0 saturated carbocycles. The summed E-state index contributed by atoms with van der Waals surface area (Å²) >= 11 is 8.85. The molecule has 56 valence electrons. The predicted molar refractivity (Wildman–Crippen MR) is 48.0 cm³/mol. The molecule has 0 atom stereocenters. The Kier molecular flexibility index (Phi) is 2.76. The van der Waals surface area contributed by atoms with Gasteiger partial charge >= 0.3 is 0 Å². The normalized spacial score (nSPS) is 8.91. The highest BCUT2D eigenvalue weighted by molar-refractivity contribution is 9.10. The lowest BCUT2D eigenvalue weighted by atomic mass is 10.3. The third-order valence-electron chi connectivity index (χ3n) is 1.06. The summed E-state index contributed by atoms with van der Waals surface area (Å²) in [7, 11) is 0. The topological polar surface area (TPSA) is 48.8 Å². The standard InChI is InChI=1S/C6H3BrClN3/c7-5-3-4(8)1-2-6(5)10-11-9/h1-3H. The Morgan fingerprint density at radius 1 is 1.55 bits per heavy atom. The van der Waals surface area contributed by atoms with Crippen LogP contribution in [0.1, 0.15) is 0 Å². The molecule has 0 heterocycles. The van der Waals surface area contributed by atoms with Gasteiger partial charge in [0.15, 0.2) is 0 Å². The molecule has 0 fully saturated rings. The fourth-order valence-electron chi connectivity index (χ4n) is 0.611. The van der Waals surface area contributed by atoms with Crippen LogP contribution in [0, 0.1) is 0 Å². The Morgan fingerprint density at radius 3 is 2.82 bits per heavy atom. The Hall–Kier alpha value is -0.700. The highest BCUT2D eigenvalue weighted by Crippen LogP contribution is 2.28. The van der Waals surface area contributed by atoms with Gasteiger partial charge in [-0.1, -0.05) is 38.7 Å². The van der Waals surface area contributed by atoms with E-state index in [0.717, 1.165) is 0 Å². The van der Waals surface area contributed by atoms with E-state index in [9.17, 15) is 0 Å². The van der Waals surface area contributed by atoms with Gasteiger partial charge in [0.25, 0.3) is 0 Å². The molecule has 0 aliphatic rings. The van der Waals surface area contributed by atoms with Gasteiger partial charge in [-0.2, -0.15) is 0 Å².